The minimum Gasteiger partial charge on any atom is -0.456 e. The summed E-state index contributed by atoms with van der Waals surface area (Å²) < 4.78 is 11.3. The summed E-state index contributed by atoms with van der Waals surface area (Å²) in [6, 6.07) is 45.8. The van der Waals surface area contributed by atoms with Gasteiger partial charge in [-0.25, -0.2) is 0 Å². The largest absolute Gasteiger partial charge is 0.456 e. The van der Waals surface area contributed by atoms with Crippen molar-refractivity contribution < 1.29 is 4.42 Å². The smallest absolute Gasteiger partial charge is 0.137 e. The maximum Gasteiger partial charge on any atom is 0.137 e. The van der Waals surface area contributed by atoms with Crippen molar-refractivity contribution in [2.24, 2.45) is 0 Å². The lowest BCUT2D eigenvalue weighted by molar-refractivity contribution is 0.669. The molecule has 3 heterocycles. The van der Waals surface area contributed by atoms with Crippen molar-refractivity contribution in [2.75, 3.05) is 0 Å². The molecular formula is C36H21NOS. The zero-order valence-corrected chi connectivity index (χ0v) is 21.7. The van der Waals surface area contributed by atoms with E-state index in [1.807, 2.05) is 17.4 Å². The number of fused-ring (bicyclic) bond motifs is 10. The lowest BCUT2D eigenvalue weighted by atomic mass is 10.0. The molecule has 0 fully saturated rings. The van der Waals surface area contributed by atoms with Crippen LogP contribution in [-0.2, 0) is 0 Å². The highest BCUT2D eigenvalue weighted by molar-refractivity contribution is 7.25. The van der Waals surface area contributed by atoms with Gasteiger partial charge in [-0.1, -0.05) is 72.8 Å². The summed E-state index contributed by atoms with van der Waals surface area (Å²) in [5.74, 6) is 0. The molecule has 3 heteroatoms. The first-order valence-electron chi connectivity index (χ1n) is 13.2. The van der Waals surface area contributed by atoms with Crippen LogP contribution in [0.15, 0.2) is 132 Å². The van der Waals surface area contributed by atoms with E-state index in [0.29, 0.717) is 0 Å². The van der Waals surface area contributed by atoms with Gasteiger partial charge in [0.1, 0.15) is 11.2 Å². The molecule has 0 aliphatic heterocycles. The third kappa shape index (κ3) is 2.96. The fourth-order valence-electron chi connectivity index (χ4n) is 6.24. The fourth-order valence-corrected chi connectivity index (χ4v) is 7.33. The molecule has 0 aliphatic rings. The molecule has 39 heavy (non-hydrogen) atoms. The van der Waals surface area contributed by atoms with E-state index in [1.165, 1.54) is 53.1 Å². The highest BCUT2D eigenvalue weighted by atomic mass is 32.1. The fraction of sp³-hybridized carbons (Fsp3) is 0. The van der Waals surface area contributed by atoms with Gasteiger partial charge in [0, 0.05) is 42.0 Å². The van der Waals surface area contributed by atoms with E-state index in [9.17, 15) is 0 Å². The SMILES string of the molecule is c1ccc2c(c1)oc1ccc3c4ccccc4n(-c4ccc(-c5ccc6sc7ccccc7c6c5)cc4)c3c12. The molecule has 0 saturated carbocycles. The quantitative estimate of drug-likeness (QED) is 0.224. The maximum absolute atomic E-state index is 6.27. The zero-order chi connectivity index (χ0) is 25.5. The number of hydrogen-bond donors (Lipinski definition) is 0. The van der Waals surface area contributed by atoms with E-state index >= 15 is 0 Å². The number of nitrogens with zero attached hydrogens (tertiary/aromatic N) is 1. The first-order chi connectivity index (χ1) is 19.3. The van der Waals surface area contributed by atoms with Gasteiger partial charge in [-0.05, 0) is 65.7 Å². The van der Waals surface area contributed by atoms with Crippen LogP contribution in [0.3, 0.4) is 0 Å². The number of aromatic nitrogens is 1. The third-order valence-electron chi connectivity index (χ3n) is 8.01. The van der Waals surface area contributed by atoms with Crippen LogP contribution < -0.4 is 0 Å². The van der Waals surface area contributed by atoms with Crippen molar-refractivity contribution in [3.63, 3.8) is 0 Å². The van der Waals surface area contributed by atoms with Crippen LogP contribution in [0.2, 0.25) is 0 Å². The minimum atomic E-state index is 0.917. The van der Waals surface area contributed by atoms with E-state index in [-0.39, 0.29) is 0 Å². The molecule has 0 radical (unpaired) electrons. The van der Waals surface area contributed by atoms with Crippen LogP contribution in [0.5, 0.6) is 0 Å². The van der Waals surface area contributed by atoms with E-state index in [4.69, 9.17) is 4.42 Å². The van der Waals surface area contributed by atoms with Crippen molar-refractivity contribution in [1.82, 2.24) is 4.57 Å². The Kier molecular flexibility index (Phi) is 4.24. The van der Waals surface area contributed by atoms with Crippen molar-refractivity contribution in [3.8, 4) is 16.8 Å². The number of hydrogen-bond acceptors (Lipinski definition) is 2. The Hall–Kier alpha value is -4.86. The monoisotopic (exact) mass is 515 g/mol. The summed E-state index contributed by atoms with van der Waals surface area (Å²) in [4.78, 5) is 0. The third-order valence-corrected chi connectivity index (χ3v) is 9.16. The first-order valence-corrected chi connectivity index (χ1v) is 14.0. The van der Waals surface area contributed by atoms with E-state index in [0.717, 1.165) is 27.6 Å². The maximum atomic E-state index is 6.27. The molecule has 182 valence electrons. The number of benzene rings is 6. The Morgan fingerprint density at radius 1 is 0.487 bits per heavy atom. The molecule has 0 bridgehead atoms. The van der Waals surface area contributed by atoms with Gasteiger partial charge in [0.15, 0.2) is 0 Å². The van der Waals surface area contributed by atoms with Gasteiger partial charge in [-0.3, -0.25) is 0 Å². The van der Waals surface area contributed by atoms with Crippen LogP contribution in [0, 0.1) is 0 Å². The average Bonchev–Trinajstić information content (AvgIpc) is 3.66. The predicted octanol–water partition coefficient (Wildman–Crippen LogP) is 10.7. The van der Waals surface area contributed by atoms with Crippen molar-refractivity contribution in [3.05, 3.63) is 127 Å². The Morgan fingerprint density at radius 2 is 1.21 bits per heavy atom. The molecule has 0 spiro atoms. The second-order valence-electron chi connectivity index (χ2n) is 10.1. The summed E-state index contributed by atoms with van der Waals surface area (Å²) >= 11 is 1.86. The molecule has 0 unspecified atom stereocenters. The molecule has 0 aliphatic carbocycles. The Balaban J connectivity index is 1.28. The molecule has 0 saturated heterocycles. The Labute approximate surface area is 227 Å². The van der Waals surface area contributed by atoms with Gasteiger partial charge < -0.3 is 8.98 Å². The topological polar surface area (TPSA) is 18.1 Å². The summed E-state index contributed by atoms with van der Waals surface area (Å²) in [5, 5.41) is 7.46. The second-order valence-corrected chi connectivity index (χ2v) is 11.2. The van der Waals surface area contributed by atoms with Crippen molar-refractivity contribution >= 4 is 75.3 Å². The normalized spacial score (nSPS) is 12.1. The number of furan rings is 1. The summed E-state index contributed by atoms with van der Waals surface area (Å²) in [5.41, 5.74) is 7.83. The standard InChI is InChI=1S/C36H21NOS/c1-4-10-30-25(7-1)27-18-19-32-35(28-9-2-5-11-31(28)38-32)36(27)37(30)24-16-13-22(14-17-24)23-15-20-34-29(21-23)26-8-3-6-12-33(26)39-34/h1-21H. The molecular weight excluding hydrogens is 494 g/mol. The molecule has 6 aromatic carbocycles. The Bertz CT molecular complexity index is 2380. The Morgan fingerprint density at radius 3 is 2.10 bits per heavy atom. The molecule has 2 nitrogen and oxygen atoms in total. The van der Waals surface area contributed by atoms with E-state index in [2.05, 4.69) is 126 Å². The lowest BCUT2D eigenvalue weighted by Crippen LogP contribution is -1.94. The van der Waals surface area contributed by atoms with Gasteiger partial charge >= 0.3 is 0 Å². The molecule has 0 N–H and O–H groups in total. The van der Waals surface area contributed by atoms with Crippen LogP contribution in [0.1, 0.15) is 0 Å². The molecule has 0 atom stereocenters. The van der Waals surface area contributed by atoms with Gasteiger partial charge in [-0.15, -0.1) is 11.3 Å². The van der Waals surface area contributed by atoms with Crippen LogP contribution >= 0.6 is 11.3 Å². The van der Waals surface area contributed by atoms with E-state index in [1.54, 1.807) is 0 Å². The minimum absolute atomic E-state index is 0.917. The van der Waals surface area contributed by atoms with E-state index < -0.39 is 0 Å². The highest BCUT2D eigenvalue weighted by Gasteiger charge is 2.18. The summed E-state index contributed by atoms with van der Waals surface area (Å²) in [7, 11) is 0. The van der Waals surface area contributed by atoms with Gasteiger partial charge in [0.05, 0.1) is 16.4 Å². The van der Waals surface area contributed by atoms with Gasteiger partial charge in [0.2, 0.25) is 0 Å². The van der Waals surface area contributed by atoms with Crippen LogP contribution in [-0.4, -0.2) is 4.57 Å². The van der Waals surface area contributed by atoms with Crippen LogP contribution in [0.25, 0.3) is 80.7 Å². The van der Waals surface area contributed by atoms with Crippen LogP contribution in [0.4, 0.5) is 0 Å². The van der Waals surface area contributed by atoms with Gasteiger partial charge in [-0.2, -0.15) is 0 Å². The summed E-state index contributed by atoms with van der Waals surface area (Å²) in [6.45, 7) is 0. The summed E-state index contributed by atoms with van der Waals surface area (Å²) in [6.07, 6.45) is 0. The average molecular weight is 516 g/mol. The number of thiophene rings is 1. The lowest BCUT2D eigenvalue weighted by Gasteiger charge is -2.10. The number of rotatable bonds is 2. The van der Waals surface area contributed by atoms with Crippen molar-refractivity contribution in [2.45, 2.75) is 0 Å². The van der Waals surface area contributed by atoms with Crippen molar-refractivity contribution in [1.29, 1.82) is 0 Å². The van der Waals surface area contributed by atoms with Gasteiger partial charge in [0.25, 0.3) is 0 Å². The second kappa shape index (κ2) is 7.83. The highest BCUT2D eigenvalue weighted by Crippen LogP contribution is 2.41. The predicted molar refractivity (Wildman–Crippen MR) is 166 cm³/mol. The molecule has 9 aromatic rings. The molecule has 3 aromatic heterocycles. The first kappa shape index (κ1) is 21.1. The number of para-hydroxylation sites is 2. The molecule has 9 rings (SSSR count). The zero-order valence-electron chi connectivity index (χ0n) is 20.9. The molecule has 0 amide bonds.